The molecule has 0 aliphatic carbocycles. The van der Waals surface area contributed by atoms with E-state index in [-0.39, 0.29) is 5.49 Å². The number of nitrogens with zero attached hydrogens (tertiary/aromatic N) is 1. The molecule has 0 fully saturated rings. The average molecular weight is 190 g/mol. The fraction of sp³-hybridized carbons (Fsp3) is 0.111. The van der Waals surface area contributed by atoms with Gasteiger partial charge >= 0.3 is 5.69 Å². The number of aromatic nitrogens is 2. The van der Waals surface area contributed by atoms with Crippen molar-refractivity contribution in [2.75, 3.05) is 5.84 Å². The lowest BCUT2D eigenvalue weighted by Gasteiger charge is -2.02. The molecule has 2 aromatic rings. The second kappa shape index (κ2) is 2.73. The van der Waals surface area contributed by atoms with Gasteiger partial charge in [-0.05, 0) is 19.1 Å². The number of aromatic amines is 1. The smallest absolute Gasteiger partial charge is 0.333 e. The van der Waals surface area contributed by atoms with Gasteiger partial charge in [0, 0.05) is 5.39 Å². The highest BCUT2D eigenvalue weighted by molar-refractivity contribution is 5.77. The minimum atomic E-state index is -0.480. The van der Waals surface area contributed by atoms with Gasteiger partial charge in [0.25, 0.3) is 0 Å². The molecule has 2 rings (SSSR count). The fourth-order valence-corrected chi connectivity index (χ4v) is 1.37. The van der Waals surface area contributed by atoms with E-state index in [0.717, 1.165) is 10.2 Å². The van der Waals surface area contributed by atoms with Crippen LogP contribution in [0.3, 0.4) is 0 Å². The number of nitrogens with one attached hydrogen (secondary N) is 2. The predicted molar refractivity (Wildman–Crippen MR) is 53.3 cm³/mol. The molecular weight excluding hydrogens is 180 g/mol. The van der Waals surface area contributed by atoms with E-state index in [1.807, 2.05) is 19.1 Å². The minimum Gasteiger partial charge on any atom is -0.333 e. The van der Waals surface area contributed by atoms with Crippen LogP contribution >= 0.6 is 0 Å². The van der Waals surface area contributed by atoms with Crippen molar-refractivity contribution in [3.05, 3.63) is 39.7 Å². The first-order valence-electron chi connectivity index (χ1n) is 4.15. The lowest BCUT2D eigenvalue weighted by molar-refractivity contribution is 0.819. The van der Waals surface area contributed by atoms with Crippen LogP contribution in [0, 0.1) is 12.3 Å². The molecule has 4 N–H and O–H groups in total. The van der Waals surface area contributed by atoms with Gasteiger partial charge < -0.3 is 10.8 Å². The first-order valence-corrected chi connectivity index (χ1v) is 4.15. The van der Waals surface area contributed by atoms with Crippen LogP contribution in [0.25, 0.3) is 10.9 Å². The molecule has 0 aliphatic heterocycles. The lowest BCUT2D eigenvalue weighted by atomic mass is 10.2. The monoisotopic (exact) mass is 190 g/mol. The van der Waals surface area contributed by atoms with Crippen LogP contribution < -0.4 is 17.0 Å². The maximum atomic E-state index is 11.2. The minimum absolute atomic E-state index is 0.0208. The van der Waals surface area contributed by atoms with Gasteiger partial charge in [0.15, 0.2) is 5.49 Å². The number of fused-ring (bicyclic) bond motifs is 1. The van der Waals surface area contributed by atoms with E-state index in [1.54, 1.807) is 6.07 Å². The third-order valence-electron chi connectivity index (χ3n) is 2.13. The molecule has 0 spiro atoms. The first kappa shape index (κ1) is 8.55. The van der Waals surface area contributed by atoms with E-state index < -0.39 is 5.69 Å². The van der Waals surface area contributed by atoms with Crippen molar-refractivity contribution in [1.29, 1.82) is 5.41 Å². The zero-order valence-electron chi connectivity index (χ0n) is 7.66. The number of hydrogen-bond acceptors (Lipinski definition) is 3. The number of rotatable bonds is 0. The second-order valence-electron chi connectivity index (χ2n) is 3.20. The predicted octanol–water partition coefficient (Wildman–Crippen LogP) is -0.169. The first-order chi connectivity index (χ1) is 6.59. The number of nitrogens with two attached hydrogens (primary N) is 1. The van der Waals surface area contributed by atoms with E-state index in [0.29, 0.717) is 10.9 Å². The SMILES string of the molecule is Cc1ccc2[nH]c(=O)n(N)c(=N)c2c1. The summed E-state index contributed by atoms with van der Waals surface area (Å²) in [5.41, 5.74) is 1.20. The maximum absolute atomic E-state index is 11.2. The van der Waals surface area contributed by atoms with Crippen molar-refractivity contribution in [2.45, 2.75) is 6.92 Å². The molecule has 0 bridgehead atoms. The molecule has 1 aromatic carbocycles. The van der Waals surface area contributed by atoms with Crippen LogP contribution in [0.5, 0.6) is 0 Å². The summed E-state index contributed by atoms with van der Waals surface area (Å²) in [6.45, 7) is 1.92. The van der Waals surface area contributed by atoms with Gasteiger partial charge in [-0.2, -0.15) is 4.68 Å². The Morgan fingerprint density at radius 3 is 2.93 bits per heavy atom. The van der Waals surface area contributed by atoms with Crippen LogP contribution in [-0.2, 0) is 0 Å². The summed E-state index contributed by atoms with van der Waals surface area (Å²) in [5, 5.41) is 8.29. The third kappa shape index (κ3) is 1.10. The van der Waals surface area contributed by atoms with Crippen LogP contribution in [-0.4, -0.2) is 9.66 Å². The Bertz CT molecular complexity index is 608. The summed E-state index contributed by atoms with van der Waals surface area (Å²) >= 11 is 0. The maximum Gasteiger partial charge on any atom is 0.346 e. The summed E-state index contributed by atoms with van der Waals surface area (Å²) in [4.78, 5) is 13.8. The van der Waals surface area contributed by atoms with Crippen LogP contribution in [0.4, 0.5) is 0 Å². The molecule has 0 atom stereocenters. The Hall–Kier alpha value is -2.04. The van der Waals surface area contributed by atoms with E-state index in [1.165, 1.54) is 0 Å². The van der Waals surface area contributed by atoms with Gasteiger partial charge in [0.05, 0.1) is 5.52 Å². The van der Waals surface area contributed by atoms with Gasteiger partial charge in [0.2, 0.25) is 0 Å². The number of benzene rings is 1. The highest BCUT2D eigenvalue weighted by atomic mass is 16.1. The number of nitrogen functional groups attached to an aromatic ring is 1. The number of hydrogen-bond donors (Lipinski definition) is 3. The highest BCUT2D eigenvalue weighted by Crippen LogP contribution is 2.06. The van der Waals surface area contributed by atoms with Crippen molar-refractivity contribution in [3.8, 4) is 0 Å². The standard InChI is InChI=1S/C9H10N4O/c1-5-2-3-7-6(4-5)8(10)13(11)9(14)12-7/h2-4,10H,11H2,1H3,(H,12,14). The summed E-state index contributed by atoms with van der Waals surface area (Å²) in [6.07, 6.45) is 0. The number of H-pyrrole nitrogens is 1. The summed E-state index contributed by atoms with van der Waals surface area (Å²) < 4.78 is 0.793. The topological polar surface area (TPSA) is 87.7 Å². The molecule has 0 saturated heterocycles. The molecule has 0 saturated carbocycles. The second-order valence-corrected chi connectivity index (χ2v) is 3.20. The molecular formula is C9H10N4O. The Kier molecular flexibility index (Phi) is 1.67. The van der Waals surface area contributed by atoms with Gasteiger partial charge in [0.1, 0.15) is 0 Å². The van der Waals surface area contributed by atoms with Crippen molar-refractivity contribution < 1.29 is 0 Å². The quantitative estimate of drug-likeness (QED) is 0.504. The Balaban J connectivity index is 3.07. The molecule has 1 heterocycles. The molecule has 14 heavy (non-hydrogen) atoms. The Morgan fingerprint density at radius 1 is 1.50 bits per heavy atom. The van der Waals surface area contributed by atoms with E-state index in [9.17, 15) is 4.79 Å². The van der Waals surface area contributed by atoms with Gasteiger partial charge in [-0.1, -0.05) is 11.6 Å². The van der Waals surface area contributed by atoms with E-state index in [4.69, 9.17) is 11.3 Å². The largest absolute Gasteiger partial charge is 0.346 e. The molecule has 0 aliphatic rings. The Morgan fingerprint density at radius 2 is 2.21 bits per heavy atom. The fourth-order valence-electron chi connectivity index (χ4n) is 1.37. The summed E-state index contributed by atoms with van der Waals surface area (Å²) in [6, 6.07) is 5.46. The number of aryl methyl sites for hydroxylation is 1. The average Bonchev–Trinajstić information content (AvgIpc) is 2.16. The molecule has 0 amide bonds. The summed E-state index contributed by atoms with van der Waals surface area (Å²) in [7, 11) is 0. The highest BCUT2D eigenvalue weighted by Gasteiger charge is 2.01. The zero-order valence-corrected chi connectivity index (χ0v) is 7.66. The van der Waals surface area contributed by atoms with Crippen molar-refractivity contribution in [1.82, 2.24) is 9.66 Å². The molecule has 72 valence electrons. The molecule has 0 radical (unpaired) electrons. The third-order valence-corrected chi connectivity index (χ3v) is 2.13. The van der Waals surface area contributed by atoms with Crippen LogP contribution in [0.1, 0.15) is 5.56 Å². The molecule has 5 heteroatoms. The Labute approximate surface area is 79.3 Å². The van der Waals surface area contributed by atoms with Gasteiger partial charge in [-0.3, -0.25) is 5.41 Å². The van der Waals surface area contributed by atoms with Gasteiger partial charge in [-0.15, -0.1) is 0 Å². The van der Waals surface area contributed by atoms with Crippen LogP contribution in [0.15, 0.2) is 23.0 Å². The van der Waals surface area contributed by atoms with E-state index >= 15 is 0 Å². The molecule has 1 aromatic heterocycles. The van der Waals surface area contributed by atoms with Crippen molar-refractivity contribution in [2.24, 2.45) is 0 Å². The molecule has 5 nitrogen and oxygen atoms in total. The van der Waals surface area contributed by atoms with Crippen LogP contribution in [0.2, 0.25) is 0 Å². The van der Waals surface area contributed by atoms with Gasteiger partial charge in [-0.25, -0.2) is 4.79 Å². The zero-order chi connectivity index (χ0) is 10.3. The molecule has 0 unspecified atom stereocenters. The van der Waals surface area contributed by atoms with E-state index in [2.05, 4.69) is 4.98 Å². The van der Waals surface area contributed by atoms with Crippen molar-refractivity contribution >= 4 is 10.9 Å². The summed E-state index contributed by atoms with van der Waals surface area (Å²) in [5.74, 6) is 5.38. The van der Waals surface area contributed by atoms with Crippen molar-refractivity contribution in [3.63, 3.8) is 0 Å². The lowest BCUT2D eigenvalue weighted by Crippen LogP contribution is -2.40. The normalized spacial score (nSPS) is 10.6.